The molecule has 0 atom stereocenters. The fourth-order valence-corrected chi connectivity index (χ4v) is 1.17. The summed E-state index contributed by atoms with van der Waals surface area (Å²) in [6, 6.07) is 3.42. The Hall–Kier alpha value is -1.50. The number of nitrogens with zero attached hydrogens (tertiary/aromatic N) is 1. The van der Waals surface area contributed by atoms with Crippen LogP contribution in [0.15, 0.2) is 18.3 Å². The van der Waals surface area contributed by atoms with Gasteiger partial charge in [-0.3, -0.25) is 0 Å². The highest BCUT2D eigenvalue weighted by Crippen LogP contribution is 2.14. The standard InChI is InChI=1S/C11H15F3N2O2/c1-2-18-10-4-3-9(7-16-10)15-5-6-17-8-11(12,13)14/h3-4,7,15H,2,5-6,8H2,1H3. The molecule has 102 valence electrons. The Morgan fingerprint density at radius 1 is 1.33 bits per heavy atom. The molecule has 4 nitrogen and oxygen atoms in total. The van der Waals surface area contributed by atoms with Crippen molar-refractivity contribution in [2.45, 2.75) is 13.1 Å². The predicted octanol–water partition coefficient (Wildman–Crippen LogP) is 2.47. The molecule has 0 saturated carbocycles. The predicted molar refractivity (Wildman–Crippen MR) is 60.8 cm³/mol. The molecule has 0 fully saturated rings. The van der Waals surface area contributed by atoms with E-state index in [0.717, 1.165) is 0 Å². The van der Waals surface area contributed by atoms with Gasteiger partial charge in [-0.2, -0.15) is 13.2 Å². The van der Waals surface area contributed by atoms with E-state index < -0.39 is 12.8 Å². The van der Waals surface area contributed by atoms with Crippen molar-refractivity contribution in [1.82, 2.24) is 4.98 Å². The summed E-state index contributed by atoms with van der Waals surface area (Å²) < 4.78 is 44.9. The molecule has 0 aliphatic carbocycles. The molecule has 0 aromatic carbocycles. The van der Waals surface area contributed by atoms with Crippen LogP contribution in [0.4, 0.5) is 18.9 Å². The highest BCUT2D eigenvalue weighted by molar-refractivity contribution is 5.41. The van der Waals surface area contributed by atoms with Crippen molar-refractivity contribution >= 4 is 5.69 Å². The van der Waals surface area contributed by atoms with E-state index in [-0.39, 0.29) is 13.2 Å². The maximum Gasteiger partial charge on any atom is 0.411 e. The van der Waals surface area contributed by atoms with Crippen LogP contribution in [0.5, 0.6) is 5.88 Å². The first kappa shape index (κ1) is 14.6. The SMILES string of the molecule is CCOc1ccc(NCCOCC(F)(F)F)cn1. The van der Waals surface area contributed by atoms with Crippen LogP contribution in [-0.2, 0) is 4.74 Å². The number of nitrogens with one attached hydrogen (secondary N) is 1. The van der Waals surface area contributed by atoms with Gasteiger partial charge in [-0.1, -0.05) is 0 Å². The van der Waals surface area contributed by atoms with Crippen LogP contribution in [0, 0.1) is 0 Å². The van der Waals surface area contributed by atoms with Gasteiger partial charge in [-0.05, 0) is 13.0 Å². The Labute approximate surface area is 103 Å². The third-order valence-corrected chi connectivity index (χ3v) is 1.87. The van der Waals surface area contributed by atoms with Gasteiger partial charge in [0.25, 0.3) is 0 Å². The van der Waals surface area contributed by atoms with Crippen molar-refractivity contribution in [3.63, 3.8) is 0 Å². The smallest absolute Gasteiger partial charge is 0.411 e. The first-order valence-corrected chi connectivity index (χ1v) is 5.48. The van der Waals surface area contributed by atoms with E-state index in [2.05, 4.69) is 15.0 Å². The average Bonchev–Trinajstić information content (AvgIpc) is 2.30. The van der Waals surface area contributed by atoms with Crippen LogP contribution in [-0.4, -0.2) is 37.5 Å². The topological polar surface area (TPSA) is 43.4 Å². The van der Waals surface area contributed by atoms with Gasteiger partial charge in [-0.15, -0.1) is 0 Å². The number of anilines is 1. The number of pyridine rings is 1. The molecule has 1 rings (SSSR count). The molecule has 0 radical (unpaired) electrons. The number of hydrogen-bond acceptors (Lipinski definition) is 4. The van der Waals surface area contributed by atoms with Crippen molar-refractivity contribution < 1.29 is 22.6 Å². The van der Waals surface area contributed by atoms with Gasteiger partial charge in [0.05, 0.1) is 25.1 Å². The molecule has 1 aromatic rings. The van der Waals surface area contributed by atoms with E-state index in [1.165, 1.54) is 0 Å². The fourth-order valence-electron chi connectivity index (χ4n) is 1.17. The Morgan fingerprint density at radius 3 is 2.67 bits per heavy atom. The van der Waals surface area contributed by atoms with Gasteiger partial charge in [0.2, 0.25) is 5.88 Å². The summed E-state index contributed by atoms with van der Waals surface area (Å²) in [5.74, 6) is 0.511. The fraction of sp³-hybridized carbons (Fsp3) is 0.545. The second-order valence-corrected chi connectivity index (χ2v) is 3.41. The van der Waals surface area contributed by atoms with E-state index in [9.17, 15) is 13.2 Å². The summed E-state index contributed by atoms with van der Waals surface area (Å²) in [4.78, 5) is 4.00. The van der Waals surface area contributed by atoms with E-state index in [1.807, 2.05) is 6.92 Å². The second-order valence-electron chi connectivity index (χ2n) is 3.41. The van der Waals surface area contributed by atoms with Crippen molar-refractivity contribution in [3.05, 3.63) is 18.3 Å². The van der Waals surface area contributed by atoms with Crippen molar-refractivity contribution in [1.29, 1.82) is 0 Å². The van der Waals surface area contributed by atoms with E-state index in [1.54, 1.807) is 18.3 Å². The second kappa shape index (κ2) is 7.05. The maximum atomic E-state index is 11.8. The minimum Gasteiger partial charge on any atom is -0.478 e. The Bertz CT molecular complexity index is 341. The molecule has 0 aliphatic heterocycles. The lowest BCUT2D eigenvalue weighted by Crippen LogP contribution is -2.20. The summed E-state index contributed by atoms with van der Waals surface area (Å²) in [6.45, 7) is 1.42. The van der Waals surface area contributed by atoms with Gasteiger partial charge >= 0.3 is 6.18 Å². The maximum absolute atomic E-state index is 11.8. The summed E-state index contributed by atoms with van der Waals surface area (Å²) in [7, 11) is 0. The summed E-state index contributed by atoms with van der Waals surface area (Å²) in [5, 5.41) is 2.89. The van der Waals surface area contributed by atoms with Crippen molar-refractivity contribution in [2.24, 2.45) is 0 Å². The molecule has 0 bridgehead atoms. The number of rotatable bonds is 7. The minimum absolute atomic E-state index is 0.0211. The molecule has 1 heterocycles. The lowest BCUT2D eigenvalue weighted by Gasteiger charge is -2.09. The minimum atomic E-state index is -4.28. The number of alkyl halides is 3. The largest absolute Gasteiger partial charge is 0.478 e. The molecular formula is C11H15F3N2O2. The van der Waals surface area contributed by atoms with Crippen molar-refractivity contribution in [3.8, 4) is 5.88 Å². The lowest BCUT2D eigenvalue weighted by molar-refractivity contribution is -0.172. The molecule has 0 aliphatic rings. The molecule has 1 N–H and O–H groups in total. The highest BCUT2D eigenvalue weighted by Gasteiger charge is 2.27. The third-order valence-electron chi connectivity index (χ3n) is 1.87. The third kappa shape index (κ3) is 6.29. The molecule has 18 heavy (non-hydrogen) atoms. The van der Waals surface area contributed by atoms with Gasteiger partial charge < -0.3 is 14.8 Å². The van der Waals surface area contributed by atoms with Gasteiger partial charge in [0.1, 0.15) is 6.61 Å². The number of ether oxygens (including phenoxy) is 2. The van der Waals surface area contributed by atoms with Gasteiger partial charge in [0, 0.05) is 12.6 Å². The van der Waals surface area contributed by atoms with E-state index >= 15 is 0 Å². The Balaban J connectivity index is 2.19. The first-order chi connectivity index (χ1) is 8.51. The van der Waals surface area contributed by atoms with Crippen molar-refractivity contribution in [2.75, 3.05) is 31.7 Å². The molecular weight excluding hydrogens is 249 g/mol. The molecule has 0 unspecified atom stereocenters. The van der Waals surface area contributed by atoms with E-state index in [4.69, 9.17) is 4.74 Å². The average molecular weight is 264 g/mol. The molecule has 1 aromatic heterocycles. The molecule has 0 spiro atoms. The molecule has 0 saturated heterocycles. The van der Waals surface area contributed by atoms with Crippen LogP contribution in [0.1, 0.15) is 6.92 Å². The Kier molecular flexibility index (Phi) is 5.70. The quantitative estimate of drug-likeness (QED) is 0.768. The monoisotopic (exact) mass is 264 g/mol. The summed E-state index contributed by atoms with van der Waals surface area (Å²) in [6.07, 6.45) is -2.73. The number of hydrogen-bond donors (Lipinski definition) is 1. The molecule has 7 heteroatoms. The Morgan fingerprint density at radius 2 is 2.11 bits per heavy atom. The first-order valence-electron chi connectivity index (χ1n) is 5.48. The molecule has 0 amide bonds. The number of halogens is 3. The normalized spacial score (nSPS) is 11.3. The zero-order valence-electron chi connectivity index (χ0n) is 9.96. The zero-order valence-corrected chi connectivity index (χ0v) is 9.96. The van der Waals surface area contributed by atoms with Crippen LogP contribution in [0.2, 0.25) is 0 Å². The number of aromatic nitrogens is 1. The van der Waals surface area contributed by atoms with Crippen LogP contribution in [0.25, 0.3) is 0 Å². The lowest BCUT2D eigenvalue weighted by atomic mass is 10.4. The van der Waals surface area contributed by atoms with Crippen LogP contribution >= 0.6 is 0 Å². The van der Waals surface area contributed by atoms with Gasteiger partial charge in [-0.25, -0.2) is 4.98 Å². The zero-order chi connectivity index (χ0) is 13.4. The van der Waals surface area contributed by atoms with Gasteiger partial charge in [0.15, 0.2) is 0 Å². The summed E-state index contributed by atoms with van der Waals surface area (Å²) in [5.41, 5.74) is 0.703. The van der Waals surface area contributed by atoms with E-state index in [0.29, 0.717) is 18.2 Å². The summed E-state index contributed by atoms with van der Waals surface area (Å²) >= 11 is 0. The highest BCUT2D eigenvalue weighted by atomic mass is 19.4. The van der Waals surface area contributed by atoms with Crippen LogP contribution < -0.4 is 10.1 Å². The van der Waals surface area contributed by atoms with Crippen LogP contribution in [0.3, 0.4) is 0 Å².